The van der Waals surface area contributed by atoms with Gasteiger partial charge in [-0.05, 0) is 42.0 Å². The summed E-state index contributed by atoms with van der Waals surface area (Å²) in [5.74, 6) is -0.507. The quantitative estimate of drug-likeness (QED) is 0.783. The van der Waals surface area contributed by atoms with Crippen molar-refractivity contribution in [1.82, 2.24) is 4.90 Å². The van der Waals surface area contributed by atoms with Crippen LogP contribution in [0.15, 0.2) is 53.1 Å². The van der Waals surface area contributed by atoms with Gasteiger partial charge in [-0.25, -0.2) is 0 Å². The van der Waals surface area contributed by atoms with Gasteiger partial charge in [-0.2, -0.15) is 0 Å². The molecule has 2 aliphatic rings. The molecular weight excluding hydrogens is 362 g/mol. The van der Waals surface area contributed by atoms with Crippen LogP contribution in [-0.2, 0) is 4.79 Å². The largest absolute Gasteiger partial charge is 0.503 e. The number of amides is 1. The molecule has 2 heterocycles. The SMILES string of the molecule is COc1cccc(C2C(C(=O)c3cccs3)=C(O)C(=O)N2C2CCCC2)c1. The summed E-state index contributed by atoms with van der Waals surface area (Å²) in [6.07, 6.45) is 3.88. The normalized spacial score (nSPS) is 20.6. The van der Waals surface area contributed by atoms with Gasteiger partial charge in [0.25, 0.3) is 5.91 Å². The Balaban J connectivity index is 1.83. The average Bonchev–Trinajstić information content (AvgIpc) is 3.43. The Morgan fingerprint density at radius 3 is 2.67 bits per heavy atom. The van der Waals surface area contributed by atoms with Crippen molar-refractivity contribution in [1.29, 1.82) is 0 Å². The second-order valence-corrected chi connectivity index (χ2v) is 7.85. The maximum absolute atomic E-state index is 13.1. The van der Waals surface area contributed by atoms with Gasteiger partial charge in [-0.1, -0.05) is 31.0 Å². The minimum absolute atomic E-state index is 0.0319. The molecule has 1 atom stereocenters. The van der Waals surface area contributed by atoms with Crippen LogP contribution >= 0.6 is 11.3 Å². The van der Waals surface area contributed by atoms with Gasteiger partial charge in [0.1, 0.15) is 5.75 Å². The Labute approximate surface area is 161 Å². The molecule has 0 bridgehead atoms. The second kappa shape index (κ2) is 7.19. The lowest BCUT2D eigenvalue weighted by molar-refractivity contribution is -0.131. The molecule has 140 valence electrons. The zero-order chi connectivity index (χ0) is 19.0. The summed E-state index contributed by atoms with van der Waals surface area (Å²) >= 11 is 1.31. The highest BCUT2D eigenvalue weighted by Gasteiger charge is 2.47. The van der Waals surface area contributed by atoms with E-state index in [1.165, 1.54) is 11.3 Å². The highest BCUT2D eigenvalue weighted by Crippen LogP contribution is 2.44. The number of thiophene rings is 1. The maximum atomic E-state index is 13.1. The van der Waals surface area contributed by atoms with Gasteiger partial charge in [0, 0.05) is 6.04 Å². The molecule has 1 aliphatic heterocycles. The Bertz CT molecular complexity index is 897. The standard InChI is InChI=1S/C21H21NO4S/c1-26-15-9-4-6-13(12-15)18-17(19(23)16-10-5-11-27-16)20(24)21(25)22(18)14-7-2-3-8-14/h4-6,9-12,14,18,24H,2-3,7-8H2,1H3. The lowest BCUT2D eigenvalue weighted by Crippen LogP contribution is -2.38. The number of hydrogen-bond acceptors (Lipinski definition) is 5. The first kappa shape index (κ1) is 17.8. The lowest BCUT2D eigenvalue weighted by atomic mass is 9.94. The van der Waals surface area contributed by atoms with Gasteiger partial charge in [0.2, 0.25) is 5.78 Å². The smallest absolute Gasteiger partial charge is 0.290 e. The first-order valence-corrected chi connectivity index (χ1v) is 9.97. The number of carbonyl (C=O) groups excluding carboxylic acids is 2. The maximum Gasteiger partial charge on any atom is 0.290 e. The number of aliphatic hydroxyl groups is 1. The topological polar surface area (TPSA) is 66.8 Å². The monoisotopic (exact) mass is 383 g/mol. The molecule has 0 radical (unpaired) electrons. The fourth-order valence-corrected chi connectivity index (χ4v) is 4.77. The molecule has 6 heteroatoms. The third-order valence-corrected chi connectivity index (χ3v) is 6.23. The minimum Gasteiger partial charge on any atom is -0.503 e. The molecule has 27 heavy (non-hydrogen) atoms. The van der Waals surface area contributed by atoms with Crippen LogP contribution in [0.4, 0.5) is 0 Å². The molecule has 0 saturated heterocycles. The van der Waals surface area contributed by atoms with Crippen molar-refractivity contribution in [2.45, 2.75) is 37.8 Å². The first-order chi connectivity index (χ1) is 13.1. The number of carbonyl (C=O) groups is 2. The fraction of sp³-hybridized carbons (Fsp3) is 0.333. The molecule has 1 aliphatic carbocycles. The van der Waals surface area contributed by atoms with Crippen LogP contribution in [0.1, 0.15) is 47.0 Å². The molecule has 0 spiro atoms. The number of ketones is 1. The molecule has 2 aromatic rings. The highest BCUT2D eigenvalue weighted by molar-refractivity contribution is 7.12. The van der Waals surface area contributed by atoms with Gasteiger partial charge in [0.15, 0.2) is 5.76 Å². The number of methoxy groups -OCH3 is 1. The van der Waals surface area contributed by atoms with E-state index in [9.17, 15) is 14.7 Å². The van der Waals surface area contributed by atoms with Crippen LogP contribution in [0.3, 0.4) is 0 Å². The number of ether oxygens (including phenoxy) is 1. The van der Waals surface area contributed by atoms with Crippen molar-refractivity contribution in [3.63, 3.8) is 0 Å². The molecule has 5 nitrogen and oxygen atoms in total. The van der Waals surface area contributed by atoms with E-state index >= 15 is 0 Å². The average molecular weight is 383 g/mol. The van der Waals surface area contributed by atoms with Crippen LogP contribution in [0.25, 0.3) is 0 Å². The van der Waals surface area contributed by atoms with E-state index < -0.39 is 17.7 Å². The first-order valence-electron chi connectivity index (χ1n) is 9.09. The van der Waals surface area contributed by atoms with E-state index in [-0.39, 0.29) is 17.4 Å². The third kappa shape index (κ3) is 3.04. The van der Waals surface area contributed by atoms with Crippen molar-refractivity contribution in [2.75, 3.05) is 7.11 Å². The zero-order valence-electron chi connectivity index (χ0n) is 15.1. The zero-order valence-corrected chi connectivity index (χ0v) is 15.9. The molecule has 1 unspecified atom stereocenters. The summed E-state index contributed by atoms with van der Waals surface area (Å²) in [6.45, 7) is 0. The number of aliphatic hydroxyl groups excluding tert-OH is 1. The Kier molecular flexibility index (Phi) is 4.74. The molecule has 1 aromatic heterocycles. The minimum atomic E-state index is -0.592. The molecule has 1 saturated carbocycles. The summed E-state index contributed by atoms with van der Waals surface area (Å²) < 4.78 is 5.33. The van der Waals surface area contributed by atoms with Crippen LogP contribution in [0.2, 0.25) is 0 Å². The molecular formula is C21H21NO4S. The number of hydrogen-bond donors (Lipinski definition) is 1. The summed E-state index contributed by atoms with van der Waals surface area (Å²) in [4.78, 5) is 28.3. The number of Topliss-reactive ketones (excluding diaryl/α,β-unsaturated/α-hetero) is 1. The van der Waals surface area contributed by atoms with Crippen LogP contribution < -0.4 is 4.74 Å². The highest BCUT2D eigenvalue weighted by atomic mass is 32.1. The van der Waals surface area contributed by atoms with Crippen molar-refractivity contribution < 1.29 is 19.4 Å². The predicted molar refractivity (Wildman–Crippen MR) is 103 cm³/mol. The lowest BCUT2D eigenvalue weighted by Gasteiger charge is -2.32. The van der Waals surface area contributed by atoms with Crippen LogP contribution in [-0.4, -0.2) is 34.8 Å². The van der Waals surface area contributed by atoms with Gasteiger partial charge in [-0.15, -0.1) is 11.3 Å². The number of benzene rings is 1. The summed E-state index contributed by atoms with van der Waals surface area (Å²) in [5, 5.41) is 12.5. The van der Waals surface area contributed by atoms with Crippen molar-refractivity contribution >= 4 is 23.0 Å². The van der Waals surface area contributed by atoms with Crippen molar-refractivity contribution in [3.05, 3.63) is 63.6 Å². The van der Waals surface area contributed by atoms with Gasteiger partial charge < -0.3 is 14.7 Å². The Morgan fingerprint density at radius 1 is 1.22 bits per heavy atom. The van der Waals surface area contributed by atoms with E-state index in [1.807, 2.05) is 29.6 Å². The predicted octanol–water partition coefficient (Wildman–Crippen LogP) is 4.28. The van der Waals surface area contributed by atoms with Gasteiger partial charge in [-0.3, -0.25) is 9.59 Å². The number of rotatable bonds is 5. The molecule has 1 amide bonds. The Morgan fingerprint density at radius 2 is 2.00 bits per heavy atom. The molecule has 1 fully saturated rings. The summed E-state index contributed by atoms with van der Waals surface area (Å²) in [5.41, 5.74) is 0.946. The van der Waals surface area contributed by atoms with Gasteiger partial charge in [0.05, 0.1) is 23.6 Å². The summed E-state index contributed by atoms with van der Waals surface area (Å²) in [6, 6.07) is 10.3. The van der Waals surface area contributed by atoms with Crippen LogP contribution in [0, 0.1) is 0 Å². The molecule has 1 N–H and O–H groups in total. The second-order valence-electron chi connectivity index (χ2n) is 6.90. The van der Waals surface area contributed by atoms with E-state index in [1.54, 1.807) is 24.1 Å². The molecule has 1 aromatic carbocycles. The molecule has 4 rings (SSSR count). The third-order valence-electron chi connectivity index (χ3n) is 5.36. The van der Waals surface area contributed by atoms with E-state index in [0.29, 0.717) is 10.6 Å². The van der Waals surface area contributed by atoms with Crippen molar-refractivity contribution in [2.24, 2.45) is 0 Å². The van der Waals surface area contributed by atoms with Crippen molar-refractivity contribution in [3.8, 4) is 5.75 Å². The van der Waals surface area contributed by atoms with E-state index in [2.05, 4.69) is 0 Å². The summed E-state index contributed by atoms with van der Waals surface area (Å²) in [7, 11) is 1.58. The van der Waals surface area contributed by atoms with E-state index in [4.69, 9.17) is 4.74 Å². The van der Waals surface area contributed by atoms with Gasteiger partial charge >= 0.3 is 0 Å². The Hall–Kier alpha value is -2.60. The number of nitrogens with zero attached hydrogens (tertiary/aromatic N) is 1. The van der Waals surface area contributed by atoms with Crippen LogP contribution in [0.5, 0.6) is 5.75 Å². The fourth-order valence-electron chi connectivity index (χ4n) is 4.09. The van der Waals surface area contributed by atoms with E-state index in [0.717, 1.165) is 31.2 Å².